The van der Waals surface area contributed by atoms with Crippen LogP contribution in [0.4, 0.5) is 54.0 Å². The van der Waals surface area contributed by atoms with Crippen molar-refractivity contribution in [1.82, 2.24) is 0 Å². The first-order valence-electron chi connectivity index (χ1n) is 11.6. The van der Waals surface area contributed by atoms with Crippen LogP contribution in [0.2, 0.25) is 0 Å². The maximum absolute atomic E-state index is 13.3. The second-order valence-electron chi connectivity index (χ2n) is 8.59. The molecule has 0 aliphatic heterocycles. The first-order chi connectivity index (χ1) is 19.5. The van der Waals surface area contributed by atoms with E-state index in [-0.39, 0.29) is 22.7 Å². The van der Waals surface area contributed by atoms with E-state index in [9.17, 15) is 53.4 Å². The lowest BCUT2D eigenvalue weighted by molar-refractivity contribution is -0.253. The molecule has 0 aromatic heterocycles. The average Bonchev–Trinajstić information content (AvgIpc) is 2.87. The van der Waals surface area contributed by atoms with Crippen molar-refractivity contribution in [1.29, 1.82) is 0 Å². The molecule has 16 heteroatoms. The minimum atomic E-state index is -5.06. The molecule has 0 heterocycles. The van der Waals surface area contributed by atoms with Gasteiger partial charge in [0.25, 0.3) is 0 Å². The molecule has 3 aromatic rings. The van der Waals surface area contributed by atoms with Gasteiger partial charge in [0.05, 0.1) is 6.54 Å². The van der Waals surface area contributed by atoms with Gasteiger partial charge in [0.15, 0.2) is 6.10 Å². The van der Waals surface area contributed by atoms with Gasteiger partial charge in [-0.2, -0.15) is 48.3 Å². The lowest BCUT2D eigenvalue weighted by Gasteiger charge is -2.29. The van der Waals surface area contributed by atoms with Crippen LogP contribution in [0.5, 0.6) is 23.0 Å². The summed E-state index contributed by atoms with van der Waals surface area (Å²) in [7, 11) is 0. The largest absolute Gasteiger partial charge is 0.461 e. The van der Waals surface area contributed by atoms with Crippen LogP contribution in [0.25, 0.3) is 0 Å². The molecule has 1 N–H and O–H groups in total. The fourth-order valence-electron chi connectivity index (χ4n) is 3.39. The van der Waals surface area contributed by atoms with Crippen LogP contribution in [0.3, 0.4) is 0 Å². The third-order valence-electron chi connectivity index (χ3n) is 5.28. The SMILES string of the molecule is OC(CN(Cc1cccc(OC(F)(F)C(F)F)c1)c1cccc(Oc2cccc(OC(F)(F)C(F)F)c2)c1)C(F)(F)F. The minimum Gasteiger partial charge on any atom is -0.457 e. The number of aliphatic hydroxyl groups excluding tert-OH is 1. The molecule has 42 heavy (non-hydrogen) atoms. The molecule has 1 atom stereocenters. The third kappa shape index (κ3) is 9.03. The van der Waals surface area contributed by atoms with Crippen LogP contribution in [0.15, 0.2) is 72.8 Å². The Kier molecular flexibility index (Phi) is 10.0. The first-order valence-corrected chi connectivity index (χ1v) is 11.6. The average molecular weight is 619 g/mol. The van der Waals surface area contributed by atoms with Gasteiger partial charge in [0, 0.05) is 24.4 Å². The summed E-state index contributed by atoms with van der Waals surface area (Å²) in [5, 5.41) is 9.70. The second-order valence-corrected chi connectivity index (χ2v) is 8.59. The van der Waals surface area contributed by atoms with Crippen LogP contribution in [0, 0.1) is 0 Å². The molecule has 3 rings (SSSR count). The van der Waals surface area contributed by atoms with Crippen molar-refractivity contribution < 1.29 is 67.6 Å². The summed E-state index contributed by atoms with van der Waals surface area (Å²) in [6.45, 7) is -1.54. The Morgan fingerprint density at radius 3 is 1.67 bits per heavy atom. The van der Waals surface area contributed by atoms with Crippen LogP contribution in [-0.4, -0.2) is 49.0 Å². The Labute approximate surface area is 230 Å². The molecule has 3 aromatic carbocycles. The van der Waals surface area contributed by atoms with Crippen molar-refractivity contribution in [3.8, 4) is 23.0 Å². The van der Waals surface area contributed by atoms with E-state index in [2.05, 4.69) is 9.47 Å². The van der Waals surface area contributed by atoms with E-state index in [0.717, 1.165) is 41.3 Å². The summed E-state index contributed by atoms with van der Waals surface area (Å²) < 4.78 is 156. The Hall–Kier alpha value is -3.95. The highest BCUT2D eigenvalue weighted by Crippen LogP contribution is 2.34. The van der Waals surface area contributed by atoms with E-state index in [1.807, 2.05) is 0 Å². The van der Waals surface area contributed by atoms with Crippen LogP contribution < -0.4 is 19.1 Å². The quantitative estimate of drug-likeness (QED) is 0.197. The van der Waals surface area contributed by atoms with Crippen molar-refractivity contribution in [2.24, 2.45) is 0 Å². The van der Waals surface area contributed by atoms with Crippen molar-refractivity contribution in [2.45, 2.75) is 43.9 Å². The molecule has 1 unspecified atom stereocenters. The summed E-state index contributed by atoms with van der Waals surface area (Å²) in [6.07, 6.45) is -25.9. The van der Waals surface area contributed by atoms with E-state index in [1.165, 1.54) is 36.4 Å². The van der Waals surface area contributed by atoms with Crippen LogP contribution in [-0.2, 0) is 6.54 Å². The van der Waals surface area contributed by atoms with Gasteiger partial charge in [-0.3, -0.25) is 0 Å². The van der Waals surface area contributed by atoms with Gasteiger partial charge in [-0.25, -0.2) is 0 Å². The molecular weight excluding hydrogens is 599 g/mol. The zero-order valence-corrected chi connectivity index (χ0v) is 20.9. The Bertz CT molecular complexity index is 1320. The predicted octanol–water partition coefficient (Wildman–Crippen LogP) is 7.88. The molecular formula is C26H20F11NO4. The number of nitrogens with zero attached hydrogens (tertiary/aromatic N) is 1. The molecule has 0 bridgehead atoms. The number of hydrogen-bond acceptors (Lipinski definition) is 5. The fraction of sp³-hybridized carbons (Fsp3) is 0.308. The summed E-state index contributed by atoms with van der Waals surface area (Å²) in [5.74, 6) is -1.64. The molecule has 0 saturated heterocycles. The number of halogens is 11. The fourth-order valence-corrected chi connectivity index (χ4v) is 3.39. The molecule has 0 spiro atoms. The number of rotatable bonds is 13. The van der Waals surface area contributed by atoms with Crippen LogP contribution in [0.1, 0.15) is 5.56 Å². The number of ether oxygens (including phenoxy) is 3. The van der Waals surface area contributed by atoms with Crippen molar-refractivity contribution >= 4 is 5.69 Å². The van der Waals surface area contributed by atoms with Gasteiger partial charge in [0.2, 0.25) is 0 Å². The van der Waals surface area contributed by atoms with E-state index in [0.29, 0.717) is 0 Å². The highest BCUT2D eigenvalue weighted by atomic mass is 19.4. The van der Waals surface area contributed by atoms with Crippen molar-refractivity contribution in [3.05, 3.63) is 78.4 Å². The highest BCUT2D eigenvalue weighted by Gasteiger charge is 2.45. The lowest BCUT2D eigenvalue weighted by Crippen LogP contribution is -2.40. The summed E-state index contributed by atoms with van der Waals surface area (Å²) in [4.78, 5) is 0.970. The van der Waals surface area contributed by atoms with Crippen LogP contribution >= 0.6 is 0 Å². The Morgan fingerprint density at radius 1 is 0.643 bits per heavy atom. The number of hydrogen-bond donors (Lipinski definition) is 1. The van der Waals surface area contributed by atoms with E-state index in [1.54, 1.807) is 0 Å². The summed E-state index contributed by atoms with van der Waals surface area (Å²) in [6, 6.07) is 13.5. The predicted molar refractivity (Wildman–Crippen MR) is 126 cm³/mol. The van der Waals surface area contributed by atoms with E-state index >= 15 is 0 Å². The van der Waals surface area contributed by atoms with Gasteiger partial charge in [0.1, 0.15) is 23.0 Å². The molecule has 0 fully saturated rings. The topological polar surface area (TPSA) is 51.2 Å². The van der Waals surface area contributed by atoms with Gasteiger partial charge in [-0.15, -0.1) is 0 Å². The number of aliphatic hydroxyl groups is 1. The van der Waals surface area contributed by atoms with Gasteiger partial charge in [-0.05, 0) is 42.0 Å². The summed E-state index contributed by atoms with van der Waals surface area (Å²) >= 11 is 0. The summed E-state index contributed by atoms with van der Waals surface area (Å²) in [5.41, 5.74) is 0.0136. The Morgan fingerprint density at radius 2 is 1.12 bits per heavy atom. The minimum absolute atomic E-state index is 0.0170. The van der Waals surface area contributed by atoms with Gasteiger partial charge in [-0.1, -0.05) is 24.3 Å². The second kappa shape index (κ2) is 12.9. The maximum atomic E-state index is 13.3. The monoisotopic (exact) mass is 619 g/mol. The van der Waals surface area contributed by atoms with E-state index in [4.69, 9.17) is 4.74 Å². The molecule has 0 saturated carbocycles. The smallest absolute Gasteiger partial charge is 0.457 e. The molecule has 0 aliphatic carbocycles. The van der Waals surface area contributed by atoms with Gasteiger partial charge < -0.3 is 24.2 Å². The number of anilines is 1. The standard InChI is InChI=1S/C26H20F11NO4/c27-22(28)25(34,35)41-19-8-1-4-15(10-19)13-38(14-21(39)24(31,32)33)16-5-2-6-17(11-16)40-18-7-3-9-20(12-18)42-26(36,37)23(29)30/h1-12,21-23,39H,13-14H2. The normalized spacial score (nSPS) is 13.3. The number of benzene rings is 3. The molecule has 0 amide bonds. The number of alkyl halides is 11. The third-order valence-corrected chi connectivity index (χ3v) is 5.28. The van der Waals surface area contributed by atoms with E-state index < -0.39 is 61.9 Å². The van der Waals surface area contributed by atoms with Crippen molar-refractivity contribution in [2.75, 3.05) is 11.4 Å². The van der Waals surface area contributed by atoms with Gasteiger partial charge >= 0.3 is 31.2 Å². The van der Waals surface area contributed by atoms with Crippen molar-refractivity contribution in [3.63, 3.8) is 0 Å². The molecule has 0 aliphatic rings. The first kappa shape index (κ1) is 32.6. The molecule has 230 valence electrons. The molecule has 5 nitrogen and oxygen atoms in total. The zero-order chi connectivity index (χ0) is 31.3. The maximum Gasteiger partial charge on any atom is 0.461 e. The Balaban J connectivity index is 1.87. The lowest BCUT2D eigenvalue weighted by atomic mass is 10.1. The highest BCUT2D eigenvalue weighted by molar-refractivity contribution is 5.52. The molecule has 0 radical (unpaired) electrons. The zero-order valence-electron chi connectivity index (χ0n) is 20.9.